The second-order valence-corrected chi connectivity index (χ2v) is 8.43. The number of ether oxygens (including phenoxy) is 1. The molecular formula is C17H24N2O2S2. The lowest BCUT2D eigenvalue weighted by Crippen LogP contribution is -2.26. The highest BCUT2D eigenvalue weighted by Crippen LogP contribution is 2.34. The van der Waals surface area contributed by atoms with Crippen molar-refractivity contribution in [2.24, 2.45) is 0 Å². The third-order valence-corrected chi connectivity index (χ3v) is 6.76. The van der Waals surface area contributed by atoms with Gasteiger partial charge in [0.05, 0.1) is 5.39 Å². The van der Waals surface area contributed by atoms with E-state index in [1.54, 1.807) is 30.2 Å². The molecule has 2 aromatic rings. The normalized spacial score (nSPS) is 15.8. The van der Waals surface area contributed by atoms with E-state index in [0.717, 1.165) is 52.6 Å². The van der Waals surface area contributed by atoms with Crippen LogP contribution in [0.25, 0.3) is 10.2 Å². The lowest BCUT2D eigenvalue weighted by molar-refractivity contribution is 0.200. The van der Waals surface area contributed by atoms with Crippen LogP contribution >= 0.6 is 23.1 Å². The van der Waals surface area contributed by atoms with Gasteiger partial charge in [0.1, 0.15) is 4.83 Å². The van der Waals surface area contributed by atoms with Gasteiger partial charge < -0.3 is 4.74 Å². The molecule has 0 atom stereocenters. The van der Waals surface area contributed by atoms with E-state index in [0.29, 0.717) is 6.04 Å². The van der Waals surface area contributed by atoms with E-state index in [1.165, 1.54) is 17.7 Å². The molecule has 1 aliphatic rings. The fourth-order valence-electron chi connectivity index (χ4n) is 3.24. The Bertz CT molecular complexity index is 745. The van der Waals surface area contributed by atoms with Gasteiger partial charge in [-0.1, -0.05) is 24.6 Å². The largest absolute Gasteiger partial charge is 0.385 e. The third kappa shape index (κ3) is 3.35. The minimum atomic E-state index is 0.165. The number of rotatable bonds is 6. The van der Waals surface area contributed by atoms with Crippen molar-refractivity contribution in [1.29, 1.82) is 0 Å². The van der Waals surface area contributed by atoms with E-state index < -0.39 is 0 Å². The zero-order valence-corrected chi connectivity index (χ0v) is 15.7. The molecule has 0 unspecified atom stereocenters. The van der Waals surface area contributed by atoms with E-state index in [4.69, 9.17) is 9.72 Å². The molecule has 2 heterocycles. The van der Waals surface area contributed by atoms with Crippen LogP contribution in [-0.2, 0) is 4.74 Å². The zero-order chi connectivity index (χ0) is 16.4. The fraction of sp³-hybridized carbons (Fsp3) is 0.647. The fourth-order valence-corrected chi connectivity index (χ4v) is 5.29. The van der Waals surface area contributed by atoms with Gasteiger partial charge in [-0.3, -0.25) is 9.36 Å². The van der Waals surface area contributed by atoms with Gasteiger partial charge in [-0.25, -0.2) is 4.98 Å². The molecule has 1 fully saturated rings. The molecule has 0 amide bonds. The van der Waals surface area contributed by atoms with Crippen LogP contribution in [0.3, 0.4) is 0 Å². The predicted octanol–water partition coefficient (Wildman–Crippen LogP) is 4.32. The summed E-state index contributed by atoms with van der Waals surface area (Å²) in [4.78, 5) is 20.1. The average molecular weight is 353 g/mol. The first kappa shape index (κ1) is 17.0. The minimum absolute atomic E-state index is 0.165. The lowest BCUT2D eigenvalue weighted by Gasteiger charge is -2.18. The third-order valence-electron chi connectivity index (χ3n) is 4.62. The van der Waals surface area contributed by atoms with Crippen molar-refractivity contribution in [2.75, 3.05) is 19.5 Å². The maximum Gasteiger partial charge on any atom is 0.263 e. The van der Waals surface area contributed by atoms with Crippen LogP contribution in [0.5, 0.6) is 0 Å². The molecule has 3 rings (SSSR count). The van der Waals surface area contributed by atoms with Gasteiger partial charge in [0.25, 0.3) is 5.56 Å². The van der Waals surface area contributed by atoms with Crippen LogP contribution < -0.4 is 5.56 Å². The Morgan fingerprint density at radius 3 is 2.78 bits per heavy atom. The molecule has 0 bridgehead atoms. The number of aryl methyl sites for hydroxylation is 2. The quantitative estimate of drug-likeness (QED) is 0.441. The van der Waals surface area contributed by atoms with Crippen molar-refractivity contribution in [1.82, 2.24) is 9.55 Å². The van der Waals surface area contributed by atoms with Crippen LogP contribution in [-0.4, -0.2) is 29.0 Å². The second-order valence-electron chi connectivity index (χ2n) is 6.17. The molecule has 2 aromatic heterocycles. The summed E-state index contributed by atoms with van der Waals surface area (Å²) in [5.41, 5.74) is 1.27. The predicted molar refractivity (Wildman–Crippen MR) is 98.1 cm³/mol. The number of aromatic nitrogens is 2. The van der Waals surface area contributed by atoms with E-state index in [9.17, 15) is 4.79 Å². The van der Waals surface area contributed by atoms with Crippen molar-refractivity contribution in [3.63, 3.8) is 0 Å². The molecule has 0 aliphatic heterocycles. The summed E-state index contributed by atoms with van der Waals surface area (Å²) < 4.78 is 7.11. The van der Waals surface area contributed by atoms with Gasteiger partial charge in [0.2, 0.25) is 0 Å². The van der Waals surface area contributed by atoms with Gasteiger partial charge >= 0.3 is 0 Å². The number of hydrogen-bond acceptors (Lipinski definition) is 5. The average Bonchev–Trinajstić information content (AvgIpc) is 3.13. The Balaban J connectivity index is 2.04. The number of fused-ring (bicyclic) bond motifs is 1. The second kappa shape index (κ2) is 7.36. The summed E-state index contributed by atoms with van der Waals surface area (Å²) >= 11 is 3.34. The van der Waals surface area contributed by atoms with E-state index >= 15 is 0 Å². The van der Waals surface area contributed by atoms with E-state index in [-0.39, 0.29) is 5.56 Å². The Kier molecular flexibility index (Phi) is 5.44. The molecule has 126 valence electrons. The molecule has 0 N–H and O–H groups in total. The summed E-state index contributed by atoms with van der Waals surface area (Å²) in [7, 11) is 1.72. The molecule has 0 saturated heterocycles. The van der Waals surface area contributed by atoms with Crippen molar-refractivity contribution >= 4 is 33.3 Å². The van der Waals surface area contributed by atoms with Crippen molar-refractivity contribution < 1.29 is 4.74 Å². The monoisotopic (exact) mass is 352 g/mol. The highest BCUT2D eigenvalue weighted by Gasteiger charge is 2.24. The van der Waals surface area contributed by atoms with Crippen LogP contribution in [0.2, 0.25) is 0 Å². The summed E-state index contributed by atoms with van der Waals surface area (Å²) in [5.74, 6) is 0.932. The Labute approximate surface area is 145 Å². The summed E-state index contributed by atoms with van der Waals surface area (Å²) in [6.45, 7) is 4.87. The number of thiophene rings is 1. The van der Waals surface area contributed by atoms with Gasteiger partial charge in [0, 0.05) is 30.4 Å². The molecule has 23 heavy (non-hydrogen) atoms. The highest BCUT2D eigenvalue weighted by atomic mass is 32.2. The lowest BCUT2D eigenvalue weighted by atomic mass is 10.2. The molecule has 0 spiro atoms. The molecule has 1 aliphatic carbocycles. The topological polar surface area (TPSA) is 44.1 Å². The first-order chi connectivity index (χ1) is 11.1. The SMILES string of the molecule is COCCCSc1nc2sc(C)c(C)c2c(=O)n1C1CCCC1. The van der Waals surface area contributed by atoms with Crippen LogP contribution in [0, 0.1) is 13.8 Å². The summed E-state index contributed by atoms with van der Waals surface area (Å²) in [6.07, 6.45) is 5.60. The maximum absolute atomic E-state index is 13.2. The first-order valence-corrected chi connectivity index (χ1v) is 10.1. The Hall–Kier alpha value is -0.850. The molecule has 4 nitrogen and oxygen atoms in total. The van der Waals surface area contributed by atoms with Crippen LogP contribution in [0.15, 0.2) is 9.95 Å². The van der Waals surface area contributed by atoms with Crippen LogP contribution in [0.4, 0.5) is 0 Å². The minimum Gasteiger partial charge on any atom is -0.385 e. The van der Waals surface area contributed by atoms with Crippen LogP contribution in [0.1, 0.15) is 48.6 Å². The molecule has 1 saturated carbocycles. The Morgan fingerprint density at radius 2 is 2.09 bits per heavy atom. The van der Waals surface area contributed by atoms with Crippen molar-refractivity contribution in [3.05, 3.63) is 20.8 Å². The van der Waals surface area contributed by atoms with Crippen molar-refractivity contribution in [2.45, 2.75) is 57.1 Å². The smallest absolute Gasteiger partial charge is 0.263 e. The van der Waals surface area contributed by atoms with Gasteiger partial charge in [-0.2, -0.15) is 0 Å². The number of thioether (sulfide) groups is 1. The van der Waals surface area contributed by atoms with Crippen molar-refractivity contribution in [3.8, 4) is 0 Å². The first-order valence-electron chi connectivity index (χ1n) is 8.27. The number of methoxy groups -OCH3 is 1. The maximum atomic E-state index is 13.2. The van der Waals surface area contributed by atoms with E-state index in [1.807, 2.05) is 11.5 Å². The molecular weight excluding hydrogens is 328 g/mol. The molecule has 0 aromatic carbocycles. The molecule has 0 radical (unpaired) electrons. The molecule has 6 heteroatoms. The summed E-state index contributed by atoms with van der Waals surface area (Å²) in [5, 5.41) is 1.73. The van der Waals surface area contributed by atoms with Gasteiger partial charge in [-0.15, -0.1) is 11.3 Å². The summed E-state index contributed by atoms with van der Waals surface area (Å²) in [6, 6.07) is 0.323. The standard InChI is InChI=1S/C17H24N2O2S2/c1-11-12(2)23-15-14(11)16(20)19(13-7-4-5-8-13)17(18-15)22-10-6-9-21-3/h13H,4-10H2,1-3H3. The highest BCUT2D eigenvalue weighted by molar-refractivity contribution is 7.99. The Morgan fingerprint density at radius 1 is 1.35 bits per heavy atom. The number of nitrogens with zero attached hydrogens (tertiary/aromatic N) is 2. The van der Waals surface area contributed by atoms with Gasteiger partial charge in [0.15, 0.2) is 5.16 Å². The zero-order valence-electron chi connectivity index (χ0n) is 14.1. The van der Waals surface area contributed by atoms with E-state index in [2.05, 4.69) is 6.92 Å². The number of hydrogen-bond donors (Lipinski definition) is 0. The van der Waals surface area contributed by atoms with Gasteiger partial charge in [-0.05, 0) is 38.7 Å².